The van der Waals surface area contributed by atoms with Crippen molar-refractivity contribution in [2.75, 3.05) is 11.5 Å². The topological polar surface area (TPSA) is 159 Å². The number of aromatic nitrogens is 3. The molecule has 1 aliphatic rings. The molecule has 1 fully saturated rings. The second-order valence-electron chi connectivity index (χ2n) is 8.03. The number of pyridine rings is 2. The number of aliphatic carboxylic acids is 1. The molecule has 0 amide bonds. The standard InChI is InChI=1S/C18H17F3N4O4S2.C2HF3O2/c19-18(20,21)16-9-14-13(3-6-22-17(14)24-16)15-2-1-12(10-23-15)31(28,29)25-11-4-7-30(26,27)8-5-11;3-2(4,5)1(6)7/h1-3,6,9-11,25H,4-5,7-8H2,(H,22,24);(H,6,7). The molecular weight excluding hydrogens is 570 g/mol. The summed E-state index contributed by atoms with van der Waals surface area (Å²) in [6.07, 6.45) is -6.82. The lowest BCUT2D eigenvalue weighted by Gasteiger charge is -2.22. The van der Waals surface area contributed by atoms with Crippen molar-refractivity contribution in [2.24, 2.45) is 0 Å². The van der Waals surface area contributed by atoms with Crippen LogP contribution in [0.15, 0.2) is 41.6 Å². The van der Waals surface area contributed by atoms with E-state index in [1.54, 1.807) is 0 Å². The molecule has 1 saturated heterocycles. The quantitative estimate of drug-likeness (QED) is 0.392. The van der Waals surface area contributed by atoms with Crippen LogP contribution in [-0.2, 0) is 30.8 Å². The molecule has 0 bridgehead atoms. The minimum absolute atomic E-state index is 0.0391. The Balaban J connectivity index is 0.000000505. The van der Waals surface area contributed by atoms with E-state index in [1.165, 1.54) is 24.4 Å². The molecule has 3 aromatic rings. The van der Waals surface area contributed by atoms with Crippen molar-refractivity contribution in [3.8, 4) is 11.3 Å². The fourth-order valence-electron chi connectivity index (χ4n) is 3.40. The van der Waals surface area contributed by atoms with Gasteiger partial charge in [0.25, 0.3) is 0 Å². The van der Waals surface area contributed by atoms with Gasteiger partial charge in [-0.05, 0) is 37.1 Å². The average molecular weight is 589 g/mol. The lowest BCUT2D eigenvalue weighted by Crippen LogP contribution is -2.40. The number of sulfone groups is 1. The van der Waals surface area contributed by atoms with E-state index in [1.807, 2.05) is 0 Å². The highest BCUT2D eigenvalue weighted by atomic mass is 32.2. The second-order valence-corrected chi connectivity index (χ2v) is 12.0. The van der Waals surface area contributed by atoms with Crippen LogP contribution >= 0.6 is 0 Å². The number of nitrogens with zero attached hydrogens (tertiary/aromatic N) is 2. The number of halogens is 6. The molecular formula is C20H18F6N4O6S2. The summed E-state index contributed by atoms with van der Waals surface area (Å²) >= 11 is 0. The summed E-state index contributed by atoms with van der Waals surface area (Å²) in [5.41, 5.74) is -0.258. The lowest BCUT2D eigenvalue weighted by molar-refractivity contribution is -0.192. The van der Waals surface area contributed by atoms with Crippen LogP contribution < -0.4 is 4.72 Å². The third kappa shape index (κ3) is 7.19. The van der Waals surface area contributed by atoms with Crippen LogP contribution in [0.3, 0.4) is 0 Å². The predicted molar refractivity (Wildman–Crippen MR) is 120 cm³/mol. The summed E-state index contributed by atoms with van der Waals surface area (Å²) in [4.78, 5) is 19.0. The number of sulfonamides is 1. The number of carboxylic acid groups (broad SMARTS) is 1. The van der Waals surface area contributed by atoms with Crippen LogP contribution in [-0.4, -0.2) is 66.6 Å². The Bertz CT molecular complexity index is 1520. The van der Waals surface area contributed by atoms with Gasteiger partial charge in [-0.15, -0.1) is 0 Å². The zero-order chi connectivity index (χ0) is 28.5. The molecule has 0 aliphatic carbocycles. The predicted octanol–water partition coefficient (Wildman–Crippen LogP) is 3.13. The molecule has 3 N–H and O–H groups in total. The van der Waals surface area contributed by atoms with Gasteiger partial charge in [0.05, 0.1) is 17.2 Å². The molecule has 0 spiro atoms. The monoisotopic (exact) mass is 588 g/mol. The number of aromatic amines is 1. The minimum Gasteiger partial charge on any atom is -0.475 e. The fraction of sp³-hybridized carbons (Fsp3) is 0.350. The van der Waals surface area contributed by atoms with Crippen LogP contribution in [0.2, 0.25) is 0 Å². The summed E-state index contributed by atoms with van der Waals surface area (Å²) in [6.45, 7) is 0. The number of nitrogens with one attached hydrogen (secondary N) is 2. The van der Waals surface area contributed by atoms with Gasteiger partial charge in [0.2, 0.25) is 10.0 Å². The van der Waals surface area contributed by atoms with Gasteiger partial charge in [-0.1, -0.05) is 0 Å². The summed E-state index contributed by atoms with van der Waals surface area (Å²) in [7, 11) is -7.05. The summed E-state index contributed by atoms with van der Waals surface area (Å²) in [5.74, 6) is -2.91. The van der Waals surface area contributed by atoms with E-state index in [-0.39, 0.29) is 46.0 Å². The number of hydrogen-bond donors (Lipinski definition) is 3. The summed E-state index contributed by atoms with van der Waals surface area (Å²) in [5, 5.41) is 7.33. The van der Waals surface area contributed by atoms with E-state index < -0.39 is 49.9 Å². The van der Waals surface area contributed by atoms with Crippen molar-refractivity contribution in [3.05, 3.63) is 42.4 Å². The van der Waals surface area contributed by atoms with Crippen molar-refractivity contribution < 1.29 is 53.1 Å². The average Bonchev–Trinajstić information content (AvgIpc) is 3.26. The van der Waals surface area contributed by atoms with Crippen molar-refractivity contribution >= 4 is 36.9 Å². The number of hydrogen-bond acceptors (Lipinski definition) is 7. The number of rotatable bonds is 4. The van der Waals surface area contributed by atoms with Crippen molar-refractivity contribution in [2.45, 2.75) is 36.1 Å². The van der Waals surface area contributed by atoms with Crippen LogP contribution in [0.25, 0.3) is 22.3 Å². The zero-order valence-electron chi connectivity index (χ0n) is 18.8. The third-order valence-electron chi connectivity index (χ3n) is 5.28. The Morgan fingerprint density at radius 1 is 1.05 bits per heavy atom. The molecule has 10 nitrogen and oxygen atoms in total. The van der Waals surface area contributed by atoms with Crippen LogP contribution in [0, 0.1) is 0 Å². The first-order valence-electron chi connectivity index (χ1n) is 10.4. The van der Waals surface area contributed by atoms with Gasteiger partial charge in [0, 0.05) is 29.4 Å². The zero-order valence-corrected chi connectivity index (χ0v) is 20.5. The second kappa shape index (κ2) is 10.5. The van der Waals surface area contributed by atoms with Gasteiger partial charge < -0.3 is 10.1 Å². The summed E-state index contributed by atoms with van der Waals surface area (Å²) < 4.78 is 121. The van der Waals surface area contributed by atoms with Gasteiger partial charge in [0.15, 0.2) is 0 Å². The van der Waals surface area contributed by atoms with Gasteiger partial charge >= 0.3 is 18.3 Å². The maximum Gasteiger partial charge on any atom is 0.490 e. The van der Waals surface area contributed by atoms with E-state index in [4.69, 9.17) is 9.90 Å². The van der Waals surface area contributed by atoms with E-state index >= 15 is 0 Å². The number of carboxylic acids is 1. The molecule has 0 radical (unpaired) electrons. The van der Waals surface area contributed by atoms with Gasteiger partial charge in [0.1, 0.15) is 26.1 Å². The lowest BCUT2D eigenvalue weighted by atomic mass is 10.1. The van der Waals surface area contributed by atoms with E-state index in [0.717, 1.165) is 12.3 Å². The Hall–Kier alpha value is -3.25. The molecule has 208 valence electrons. The number of H-pyrrole nitrogens is 1. The Kier molecular flexibility index (Phi) is 8.09. The minimum atomic E-state index is -5.08. The maximum absolute atomic E-state index is 13.0. The first-order chi connectivity index (χ1) is 17.4. The highest BCUT2D eigenvalue weighted by Crippen LogP contribution is 2.34. The molecule has 0 saturated carbocycles. The molecule has 0 unspecified atom stereocenters. The molecule has 0 aromatic carbocycles. The van der Waals surface area contributed by atoms with E-state index in [9.17, 15) is 43.2 Å². The largest absolute Gasteiger partial charge is 0.490 e. The molecule has 18 heteroatoms. The molecule has 4 heterocycles. The first kappa shape index (κ1) is 29.3. The van der Waals surface area contributed by atoms with Crippen LogP contribution in [0.4, 0.5) is 26.3 Å². The third-order valence-corrected chi connectivity index (χ3v) is 8.50. The van der Waals surface area contributed by atoms with Crippen molar-refractivity contribution in [1.29, 1.82) is 0 Å². The number of alkyl halides is 6. The Labute approximate surface area is 211 Å². The number of fused-ring (bicyclic) bond motifs is 1. The normalized spacial score (nSPS) is 16.6. The summed E-state index contributed by atoms with van der Waals surface area (Å²) in [6, 6.07) is 4.63. The number of carbonyl (C=O) groups is 1. The van der Waals surface area contributed by atoms with E-state index in [2.05, 4.69) is 19.7 Å². The highest BCUT2D eigenvalue weighted by Gasteiger charge is 2.38. The maximum atomic E-state index is 13.0. The first-order valence-corrected chi connectivity index (χ1v) is 13.7. The Morgan fingerprint density at radius 2 is 1.66 bits per heavy atom. The van der Waals surface area contributed by atoms with Crippen molar-refractivity contribution in [1.82, 2.24) is 19.7 Å². The van der Waals surface area contributed by atoms with Crippen LogP contribution in [0.1, 0.15) is 18.5 Å². The van der Waals surface area contributed by atoms with Gasteiger partial charge in [-0.3, -0.25) is 4.98 Å². The molecule has 4 rings (SSSR count). The SMILES string of the molecule is O=C(O)C(F)(F)F.O=S1(=O)CCC(NS(=O)(=O)c2ccc(-c3ccnc4[nH]c(C(F)(F)F)cc34)nc2)CC1. The molecule has 38 heavy (non-hydrogen) atoms. The molecule has 0 atom stereocenters. The molecule has 1 aliphatic heterocycles. The van der Waals surface area contributed by atoms with E-state index in [0.29, 0.717) is 5.56 Å². The molecule has 3 aromatic heterocycles. The Morgan fingerprint density at radius 3 is 2.16 bits per heavy atom. The van der Waals surface area contributed by atoms with Crippen molar-refractivity contribution in [3.63, 3.8) is 0 Å². The highest BCUT2D eigenvalue weighted by molar-refractivity contribution is 7.91. The smallest absolute Gasteiger partial charge is 0.475 e. The van der Waals surface area contributed by atoms with Gasteiger partial charge in [-0.2, -0.15) is 26.3 Å². The fourth-order valence-corrected chi connectivity index (χ4v) is 6.14. The van der Waals surface area contributed by atoms with Crippen LogP contribution in [0.5, 0.6) is 0 Å². The van der Waals surface area contributed by atoms with Gasteiger partial charge in [-0.25, -0.2) is 31.3 Å².